The minimum atomic E-state index is -1.17. The zero-order valence-electron chi connectivity index (χ0n) is 25.9. The summed E-state index contributed by atoms with van der Waals surface area (Å²) in [6.07, 6.45) is 2.33. The number of nitrogens with one attached hydrogen (secondary N) is 4. The van der Waals surface area contributed by atoms with Gasteiger partial charge in [0, 0.05) is 29.9 Å². The molecule has 4 aromatic rings. The van der Waals surface area contributed by atoms with Gasteiger partial charge in [-0.3, -0.25) is 14.4 Å². The second kappa shape index (κ2) is 15.7. The summed E-state index contributed by atoms with van der Waals surface area (Å²) < 4.78 is 0. The number of aromatic hydroxyl groups is 1. The molecule has 11 nitrogen and oxygen atoms in total. The van der Waals surface area contributed by atoms with Crippen LogP contribution in [-0.2, 0) is 38.4 Å². The number of rotatable bonds is 15. The Balaban J connectivity index is 1.58. The van der Waals surface area contributed by atoms with Crippen molar-refractivity contribution in [1.82, 2.24) is 20.9 Å². The highest BCUT2D eigenvalue weighted by molar-refractivity contribution is 5.95. The average molecular weight is 628 g/mol. The van der Waals surface area contributed by atoms with Crippen LogP contribution in [0, 0.1) is 5.92 Å². The van der Waals surface area contributed by atoms with E-state index in [1.54, 1.807) is 18.3 Å². The molecule has 242 valence electrons. The minimum absolute atomic E-state index is 0.000640. The predicted molar refractivity (Wildman–Crippen MR) is 175 cm³/mol. The van der Waals surface area contributed by atoms with Gasteiger partial charge in [0.1, 0.15) is 23.9 Å². The lowest BCUT2D eigenvalue weighted by Crippen LogP contribution is -2.58. The Morgan fingerprint density at radius 2 is 1.28 bits per heavy atom. The molecule has 8 N–H and O–H groups in total. The van der Waals surface area contributed by atoms with Gasteiger partial charge in [-0.25, -0.2) is 4.79 Å². The van der Waals surface area contributed by atoms with Crippen molar-refractivity contribution < 1.29 is 29.4 Å². The number of carboxylic acid groups (broad SMARTS) is 1. The molecule has 11 heteroatoms. The zero-order chi connectivity index (χ0) is 33.2. The van der Waals surface area contributed by atoms with Gasteiger partial charge in [0.2, 0.25) is 17.7 Å². The molecule has 46 heavy (non-hydrogen) atoms. The predicted octanol–water partition coefficient (Wildman–Crippen LogP) is 2.81. The van der Waals surface area contributed by atoms with Crippen LogP contribution >= 0.6 is 0 Å². The molecule has 3 aromatic carbocycles. The molecule has 0 saturated heterocycles. The van der Waals surface area contributed by atoms with E-state index in [4.69, 9.17) is 5.73 Å². The Morgan fingerprint density at radius 1 is 0.717 bits per heavy atom. The Bertz CT molecular complexity index is 1640. The Hall–Kier alpha value is -5.16. The number of nitrogens with two attached hydrogens (primary N) is 1. The number of fused-ring (bicyclic) bond motifs is 1. The number of hydrogen-bond donors (Lipinski definition) is 7. The van der Waals surface area contributed by atoms with Crippen LogP contribution in [-0.4, -0.2) is 63.1 Å². The number of carbonyl (C=O) groups excluding carboxylic acids is 3. The summed E-state index contributed by atoms with van der Waals surface area (Å²) >= 11 is 0. The highest BCUT2D eigenvalue weighted by Gasteiger charge is 2.31. The maximum atomic E-state index is 13.9. The minimum Gasteiger partial charge on any atom is -0.508 e. The number of phenolic OH excluding ortho intramolecular Hbond substituents is 1. The van der Waals surface area contributed by atoms with Crippen molar-refractivity contribution in [2.45, 2.75) is 63.7 Å². The normalized spacial score (nSPS) is 13.8. The summed E-state index contributed by atoms with van der Waals surface area (Å²) in [7, 11) is 0. The molecule has 4 unspecified atom stereocenters. The molecule has 0 aliphatic rings. The molecule has 0 saturated carbocycles. The van der Waals surface area contributed by atoms with Crippen LogP contribution in [0.25, 0.3) is 10.9 Å². The number of aromatic nitrogens is 1. The lowest BCUT2D eigenvalue weighted by atomic mass is 10.00. The fourth-order valence-electron chi connectivity index (χ4n) is 5.28. The SMILES string of the molecule is CC(C)CC(NC(=O)C(Cc1c[nH]c2ccccc12)NC(=O)C(Cc1ccccc1)NC(=O)C(N)Cc1ccc(O)cc1)C(=O)O. The molecule has 4 rings (SSSR count). The smallest absolute Gasteiger partial charge is 0.326 e. The number of carbonyl (C=O) groups is 4. The second-order valence-corrected chi connectivity index (χ2v) is 11.9. The van der Waals surface area contributed by atoms with Crippen LogP contribution < -0.4 is 21.7 Å². The molecular formula is C35H41N5O6. The van der Waals surface area contributed by atoms with Gasteiger partial charge in [-0.05, 0) is 53.6 Å². The highest BCUT2D eigenvalue weighted by atomic mass is 16.4. The summed E-state index contributed by atoms with van der Waals surface area (Å²) in [5.41, 5.74) is 9.33. The van der Waals surface area contributed by atoms with Gasteiger partial charge >= 0.3 is 5.97 Å². The third-order valence-electron chi connectivity index (χ3n) is 7.70. The van der Waals surface area contributed by atoms with E-state index in [1.165, 1.54) is 12.1 Å². The van der Waals surface area contributed by atoms with Gasteiger partial charge in [-0.2, -0.15) is 0 Å². The highest BCUT2D eigenvalue weighted by Crippen LogP contribution is 2.20. The fraction of sp³-hybridized carbons (Fsp3) is 0.314. The molecule has 0 bridgehead atoms. The molecule has 1 heterocycles. The van der Waals surface area contributed by atoms with Crippen LogP contribution in [0.2, 0.25) is 0 Å². The largest absolute Gasteiger partial charge is 0.508 e. The first kappa shape index (κ1) is 33.7. The van der Waals surface area contributed by atoms with Crippen LogP contribution in [0.15, 0.2) is 85.1 Å². The molecule has 0 radical (unpaired) electrons. The van der Waals surface area contributed by atoms with E-state index in [0.717, 1.165) is 27.6 Å². The fourth-order valence-corrected chi connectivity index (χ4v) is 5.28. The summed E-state index contributed by atoms with van der Waals surface area (Å²) in [6, 6.07) is 18.6. The number of phenols is 1. The van der Waals surface area contributed by atoms with Crippen molar-refractivity contribution >= 4 is 34.6 Å². The first-order chi connectivity index (χ1) is 22.0. The van der Waals surface area contributed by atoms with Crippen molar-refractivity contribution in [3.63, 3.8) is 0 Å². The molecule has 1 aromatic heterocycles. The average Bonchev–Trinajstić information content (AvgIpc) is 3.44. The van der Waals surface area contributed by atoms with Gasteiger partial charge in [0.05, 0.1) is 6.04 Å². The van der Waals surface area contributed by atoms with Crippen molar-refractivity contribution in [3.8, 4) is 5.75 Å². The van der Waals surface area contributed by atoms with Gasteiger partial charge in [0.15, 0.2) is 0 Å². The molecule has 0 aliphatic heterocycles. The number of H-pyrrole nitrogens is 1. The van der Waals surface area contributed by atoms with E-state index >= 15 is 0 Å². The zero-order valence-corrected chi connectivity index (χ0v) is 25.9. The monoisotopic (exact) mass is 627 g/mol. The summed E-state index contributed by atoms with van der Waals surface area (Å²) in [6.45, 7) is 3.72. The number of amides is 3. The third kappa shape index (κ3) is 9.42. The van der Waals surface area contributed by atoms with E-state index in [-0.39, 0.29) is 37.4 Å². The Labute approximate surface area is 267 Å². The first-order valence-corrected chi connectivity index (χ1v) is 15.3. The molecule has 0 aliphatic carbocycles. The van der Waals surface area contributed by atoms with E-state index < -0.39 is 47.9 Å². The second-order valence-electron chi connectivity index (χ2n) is 11.9. The maximum Gasteiger partial charge on any atom is 0.326 e. The lowest BCUT2D eigenvalue weighted by Gasteiger charge is -2.26. The lowest BCUT2D eigenvalue weighted by molar-refractivity contribution is -0.142. The quantitative estimate of drug-likeness (QED) is 0.106. The molecule has 3 amide bonds. The van der Waals surface area contributed by atoms with Gasteiger partial charge < -0.3 is 36.9 Å². The van der Waals surface area contributed by atoms with Crippen LogP contribution in [0.1, 0.15) is 37.0 Å². The van der Waals surface area contributed by atoms with Crippen molar-refractivity contribution in [2.24, 2.45) is 11.7 Å². The maximum absolute atomic E-state index is 13.9. The Morgan fingerprint density at radius 3 is 1.93 bits per heavy atom. The van der Waals surface area contributed by atoms with Crippen molar-refractivity contribution in [2.75, 3.05) is 0 Å². The molecule has 0 spiro atoms. The van der Waals surface area contributed by atoms with Crippen molar-refractivity contribution in [3.05, 3.63) is 102 Å². The van der Waals surface area contributed by atoms with Crippen LogP contribution in [0.5, 0.6) is 5.75 Å². The van der Waals surface area contributed by atoms with E-state index in [0.29, 0.717) is 0 Å². The third-order valence-corrected chi connectivity index (χ3v) is 7.70. The van der Waals surface area contributed by atoms with Crippen molar-refractivity contribution in [1.29, 1.82) is 0 Å². The number of para-hydroxylation sites is 1. The number of carboxylic acids is 1. The van der Waals surface area contributed by atoms with Crippen LogP contribution in [0.4, 0.5) is 0 Å². The molecule has 0 fully saturated rings. The standard InChI is InChI=1S/C35H41N5O6/c1-21(2)16-31(35(45)46)40-34(44)30(19-24-20-37-28-11-7-6-10-26(24)28)39-33(43)29(18-22-8-4-3-5-9-22)38-32(42)27(36)17-23-12-14-25(41)15-13-23/h3-15,20-21,27,29-31,37,41H,16-19,36H2,1-2H3,(H,38,42)(H,39,43)(H,40,44)(H,45,46). The van der Waals surface area contributed by atoms with Crippen LogP contribution in [0.3, 0.4) is 0 Å². The van der Waals surface area contributed by atoms with E-state index in [1.807, 2.05) is 68.4 Å². The topological polar surface area (TPSA) is 187 Å². The van der Waals surface area contributed by atoms with E-state index in [9.17, 15) is 29.4 Å². The van der Waals surface area contributed by atoms with Gasteiger partial charge in [-0.1, -0.05) is 74.5 Å². The van der Waals surface area contributed by atoms with E-state index in [2.05, 4.69) is 20.9 Å². The number of hydrogen-bond acceptors (Lipinski definition) is 6. The summed E-state index contributed by atoms with van der Waals surface area (Å²) in [5, 5.41) is 28.4. The number of aromatic amines is 1. The summed E-state index contributed by atoms with van der Waals surface area (Å²) in [4.78, 5) is 55.9. The van der Waals surface area contributed by atoms with Gasteiger partial charge in [0.25, 0.3) is 0 Å². The Kier molecular flexibility index (Phi) is 11.5. The summed E-state index contributed by atoms with van der Waals surface area (Å²) in [5.74, 6) is -2.92. The van der Waals surface area contributed by atoms with Gasteiger partial charge in [-0.15, -0.1) is 0 Å². The number of benzene rings is 3. The molecule has 4 atom stereocenters. The first-order valence-electron chi connectivity index (χ1n) is 15.3. The number of aliphatic carboxylic acids is 1. The molecular weight excluding hydrogens is 586 g/mol.